The van der Waals surface area contributed by atoms with E-state index in [4.69, 9.17) is 9.47 Å². The third-order valence-corrected chi connectivity index (χ3v) is 9.70. The van der Waals surface area contributed by atoms with Crippen molar-refractivity contribution in [2.75, 3.05) is 16.6 Å². The molecule has 0 unspecified atom stereocenters. The predicted molar refractivity (Wildman–Crippen MR) is 169 cm³/mol. The second-order valence-corrected chi connectivity index (χ2v) is 13.0. The number of nitrogens with one attached hydrogen (secondary N) is 2. The molecule has 6 aromatic rings. The minimum atomic E-state index is -4.17. The SMILES string of the molecule is COc1ccc(Oc2ccc(NS(=O)(=O)c3cccc4ccccc34)c(NS(=O)(=O)c3cccc4ccccc34)c2)cc1. The highest BCUT2D eigenvalue weighted by molar-refractivity contribution is 7.93. The Morgan fingerprint density at radius 2 is 0.953 bits per heavy atom. The summed E-state index contributed by atoms with van der Waals surface area (Å²) in [6, 6.07) is 35.5. The third-order valence-electron chi connectivity index (χ3n) is 6.85. The van der Waals surface area contributed by atoms with E-state index in [2.05, 4.69) is 9.44 Å². The standard InChI is InChI=1S/C33H26N2O6S2/c1-40-25-16-18-26(19-17-25)41-27-20-21-30(34-42(36,37)32-14-6-10-23-8-2-4-12-28(23)32)31(22-27)35-43(38,39)33-15-7-11-24-9-3-5-13-29(24)33/h2-22,34-35H,1H3. The molecule has 6 rings (SSSR count). The summed E-state index contributed by atoms with van der Waals surface area (Å²) >= 11 is 0. The zero-order valence-electron chi connectivity index (χ0n) is 22.9. The van der Waals surface area contributed by atoms with Crippen LogP contribution >= 0.6 is 0 Å². The molecule has 0 radical (unpaired) electrons. The Morgan fingerprint density at radius 1 is 0.488 bits per heavy atom. The van der Waals surface area contributed by atoms with Gasteiger partial charge in [-0.3, -0.25) is 9.44 Å². The average Bonchev–Trinajstić information content (AvgIpc) is 3.02. The van der Waals surface area contributed by atoms with E-state index < -0.39 is 20.0 Å². The highest BCUT2D eigenvalue weighted by Gasteiger charge is 2.23. The fourth-order valence-electron chi connectivity index (χ4n) is 4.80. The number of anilines is 2. The van der Waals surface area contributed by atoms with E-state index >= 15 is 0 Å². The van der Waals surface area contributed by atoms with E-state index in [0.717, 1.165) is 10.8 Å². The molecule has 0 heterocycles. The molecule has 0 amide bonds. The van der Waals surface area contributed by atoms with Gasteiger partial charge in [-0.2, -0.15) is 0 Å². The maximum Gasteiger partial charge on any atom is 0.262 e. The molecule has 0 aliphatic rings. The van der Waals surface area contributed by atoms with Gasteiger partial charge in [-0.1, -0.05) is 72.8 Å². The lowest BCUT2D eigenvalue weighted by Crippen LogP contribution is -2.18. The highest BCUT2D eigenvalue weighted by atomic mass is 32.2. The molecule has 8 nitrogen and oxygen atoms in total. The molecular formula is C33H26N2O6S2. The maximum absolute atomic E-state index is 13.8. The normalized spacial score (nSPS) is 11.7. The molecule has 2 N–H and O–H groups in total. The molecule has 10 heteroatoms. The lowest BCUT2D eigenvalue weighted by atomic mass is 10.1. The van der Waals surface area contributed by atoms with Gasteiger partial charge in [0, 0.05) is 16.8 Å². The Balaban J connectivity index is 1.42. The molecule has 0 atom stereocenters. The van der Waals surface area contributed by atoms with Crippen molar-refractivity contribution in [2.24, 2.45) is 0 Å². The van der Waals surface area contributed by atoms with Crippen molar-refractivity contribution in [3.05, 3.63) is 127 Å². The maximum atomic E-state index is 13.8. The van der Waals surface area contributed by atoms with Crippen LogP contribution in [0.15, 0.2) is 137 Å². The molecule has 43 heavy (non-hydrogen) atoms. The van der Waals surface area contributed by atoms with Crippen molar-refractivity contribution >= 4 is 53.0 Å². The minimum absolute atomic E-state index is 0.0113. The van der Waals surface area contributed by atoms with Gasteiger partial charge in [-0.05, 0) is 59.3 Å². The summed E-state index contributed by atoms with van der Waals surface area (Å²) in [4.78, 5) is 0.113. The number of hydrogen-bond donors (Lipinski definition) is 2. The van der Waals surface area contributed by atoms with E-state index in [1.165, 1.54) is 24.3 Å². The largest absolute Gasteiger partial charge is 0.497 e. The van der Waals surface area contributed by atoms with Crippen LogP contribution in [0.2, 0.25) is 0 Å². The first-order chi connectivity index (χ1) is 20.7. The molecule has 0 saturated carbocycles. The second-order valence-electron chi connectivity index (χ2n) is 9.65. The second kappa shape index (κ2) is 11.3. The van der Waals surface area contributed by atoms with Crippen LogP contribution in [0, 0.1) is 0 Å². The van der Waals surface area contributed by atoms with Crippen LogP contribution in [0.4, 0.5) is 11.4 Å². The zero-order valence-corrected chi connectivity index (χ0v) is 24.5. The Bertz CT molecular complexity index is 2170. The van der Waals surface area contributed by atoms with Crippen LogP contribution < -0.4 is 18.9 Å². The summed E-state index contributed by atoms with van der Waals surface area (Å²) in [5.74, 6) is 1.41. The number of sulfonamides is 2. The number of fused-ring (bicyclic) bond motifs is 2. The van der Waals surface area contributed by atoms with E-state index in [9.17, 15) is 16.8 Å². The van der Waals surface area contributed by atoms with Crippen molar-refractivity contribution in [3.8, 4) is 17.2 Å². The smallest absolute Gasteiger partial charge is 0.262 e. The van der Waals surface area contributed by atoms with Gasteiger partial charge >= 0.3 is 0 Å². The zero-order chi connectivity index (χ0) is 30.0. The third kappa shape index (κ3) is 5.83. The molecule has 0 aliphatic heterocycles. The molecule has 216 valence electrons. The van der Waals surface area contributed by atoms with Gasteiger partial charge in [0.05, 0.1) is 28.3 Å². The molecule has 0 fully saturated rings. The van der Waals surface area contributed by atoms with Gasteiger partial charge < -0.3 is 9.47 Å². The number of rotatable bonds is 9. The van der Waals surface area contributed by atoms with Gasteiger partial charge in [0.15, 0.2) is 0 Å². The van der Waals surface area contributed by atoms with Crippen LogP contribution in [0.3, 0.4) is 0 Å². The van der Waals surface area contributed by atoms with E-state index in [1.807, 2.05) is 36.4 Å². The molecule has 0 saturated heterocycles. The van der Waals surface area contributed by atoms with Crippen molar-refractivity contribution in [1.29, 1.82) is 0 Å². The first kappa shape index (κ1) is 28.1. The number of ether oxygens (including phenoxy) is 2. The minimum Gasteiger partial charge on any atom is -0.497 e. The summed E-state index contributed by atoms with van der Waals surface area (Å²) in [6.07, 6.45) is 0. The van der Waals surface area contributed by atoms with Crippen LogP contribution in [-0.4, -0.2) is 23.9 Å². The van der Waals surface area contributed by atoms with Gasteiger partial charge in [0.2, 0.25) is 0 Å². The highest BCUT2D eigenvalue weighted by Crippen LogP contribution is 2.35. The van der Waals surface area contributed by atoms with Crippen molar-refractivity contribution < 1.29 is 26.3 Å². The molecule has 0 aliphatic carbocycles. The lowest BCUT2D eigenvalue weighted by molar-refractivity contribution is 0.413. The quantitative estimate of drug-likeness (QED) is 0.177. The van der Waals surface area contributed by atoms with Gasteiger partial charge in [0.1, 0.15) is 17.2 Å². The molecule has 0 aromatic heterocycles. The Morgan fingerprint density at radius 3 is 1.51 bits per heavy atom. The Labute approximate surface area is 249 Å². The summed E-state index contributed by atoms with van der Waals surface area (Å²) < 4.78 is 71.3. The molecule has 0 spiro atoms. The van der Waals surface area contributed by atoms with Gasteiger partial charge in [0.25, 0.3) is 20.0 Å². The first-order valence-corrected chi connectivity index (χ1v) is 16.2. The van der Waals surface area contributed by atoms with Crippen molar-refractivity contribution in [3.63, 3.8) is 0 Å². The topological polar surface area (TPSA) is 111 Å². The van der Waals surface area contributed by atoms with E-state index in [1.54, 1.807) is 73.8 Å². The monoisotopic (exact) mass is 610 g/mol. The van der Waals surface area contributed by atoms with Crippen LogP contribution in [-0.2, 0) is 20.0 Å². The van der Waals surface area contributed by atoms with Gasteiger partial charge in [-0.25, -0.2) is 16.8 Å². The van der Waals surface area contributed by atoms with Crippen LogP contribution in [0.5, 0.6) is 17.2 Å². The molecular weight excluding hydrogens is 585 g/mol. The summed E-state index contributed by atoms with van der Waals surface area (Å²) in [7, 11) is -6.75. The first-order valence-electron chi connectivity index (χ1n) is 13.2. The Kier molecular flexibility index (Phi) is 7.39. The lowest BCUT2D eigenvalue weighted by Gasteiger charge is -2.17. The van der Waals surface area contributed by atoms with Crippen molar-refractivity contribution in [1.82, 2.24) is 0 Å². The Hall–Kier alpha value is -5.06. The number of hydrogen-bond acceptors (Lipinski definition) is 6. The van der Waals surface area contributed by atoms with Gasteiger partial charge in [-0.15, -0.1) is 0 Å². The van der Waals surface area contributed by atoms with Crippen LogP contribution in [0.25, 0.3) is 21.5 Å². The summed E-state index contributed by atoms with van der Waals surface area (Å²) in [6.45, 7) is 0. The summed E-state index contributed by atoms with van der Waals surface area (Å²) in [5, 5.41) is 2.57. The number of methoxy groups -OCH3 is 1. The van der Waals surface area contributed by atoms with Crippen LogP contribution in [0.1, 0.15) is 0 Å². The predicted octanol–water partition coefficient (Wildman–Crippen LogP) is 7.40. The van der Waals surface area contributed by atoms with E-state index in [-0.39, 0.29) is 26.9 Å². The fourth-order valence-corrected chi connectivity index (χ4v) is 7.41. The molecule has 0 bridgehead atoms. The van der Waals surface area contributed by atoms with E-state index in [0.29, 0.717) is 22.3 Å². The fraction of sp³-hybridized carbons (Fsp3) is 0.0303. The molecule has 6 aromatic carbocycles. The number of benzene rings is 6. The van der Waals surface area contributed by atoms with Crippen molar-refractivity contribution in [2.45, 2.75) is 9.79 Å². The average molecular weight is 611 g/mol. The summed E-state index contributed by atoms with van der Waals surface area (Å²) in [5.41, 5.74) is 0.0154.